The van der Waals surface area contributed by atoms with E-state index in [2.05, 4.69) is 42.0 Å². The third kappa shape index (κ3) is 11.1. The van der Waals surface area contributed by atoms with E-state index in [1.54, 1.807) is 25.7 Å². The van der Waals surface area contributed by atoms with Crippen LogP contribution in [0.3, 0.4) is 0 Å². The van der Waals surface area contributed by atoms with E-state index < -0.39 is 43.7 Å². The van der Waals surface area contributed by atoms with Crippen molar-refractivity contribution in [3.63, 3.8) is 0 Å². The molecule has 3 fully saturated rings. The lowest BCUT2D eigenvalue weighted by atomic mass is 9.83. The number of nitrogens with zero attached hydrogens (tertiary/aromatic N) is 1. The van der Waals surface area contributed by atoms with Gasteiger partial charge in [-0.25, -0.2) is 13.2 Å². The Morgan fingerprint density at radius 2 is 1.56 bits per heavy atom. The third-order valence-electron chi connectivity index (χ3n) is 10.5. The van der Waals surface area contributed by atoms with Crippen molar-refractivity contribution in [1.82, 2.24) is 26.2 Å². The number of hydrogen-bond donors (Lipinski definition) is 4. The summed E-state index contributed by atoms with van der Waals surface area (Å²) in [5.41, 5.74) is -1.62. The monoisotopic (exact) mass is 695 g/mol. The molecule has 2 aliphatic carbocycles. The lowest BCUT2D eigenvalue weighted by molar-refractivity contribution is -0.142. The second-order valence-electron chi connectivity index (χ2n) is 17.2. The third-order valence-corrected chi connectivity index (χ3v) is 13.3. The van der Waals surface area contributed by atoms with Crippen LogP contribution in [0, 0.1) is 17.3 Å². The van der Waals surface area contributed by atoms with Crippen LogP contribution >= 0.6 is 0 Å². The number of hydrogen-bond acceptors (Lipinski definition) is 6. The number of sulfone groups is 1. The average Bonchev–Trinajstić information content (AvgIpc) is 3.65. The second-order valence-corrected chi connectivity index (χ2v) is 20.0. The SMILES string of the molecule is CCCC[C@@H](CC(=O)NC1CC1)NC(=O)[C@@H]1C[C@@H](C(C)C)CN1C(=O)[C@@H](NC(=O)NC1(CS(=O)(=O)C(C)(C)C)CCCCC1)C(C)(C)C. The Labute approximate surface area is 290 Å². The van der Waals surface area contributed by atoms with E-state index in [0.29, 0.717) is 32.2 Å². The molecule has 4 atom stereocenters. The first-order valence-electron chi connectivity index (χ1n) is 18.4. The molecule has 5 amide bonds. The molecule has 0 aromatic carbocycles. The summed E-state index contributed by atoms with van der Waals surface area (Å²) in [7, 11) is -3.53. The van der Waals surface area contributed by atoms with Gasteiger partial charge < -0.3 is 26.2 Å². The molecule has 0 radical (unpaired) electrons. The number of likely N-dealkylation sites (tertiary alicyclic amines) is 1. The van der Waals surface area contributed by atoms with E-state index in [1.807, 2.05) is 20.8 Å². The molecule has 3 aliphatic rings. The maximum absolute atomic E-state index is 14.5. The predicted octanol–water partition coefficient (Wildman–Crippen LogP) is 4.83. The van der Waals surface area contributed by atoms with Gasteiger partial charge in [-0.05, 0) is 76.5 Å². The highest BCUT2D eigenvalue weighted by atomic mass is 32.2. The van der Waals surface area contributed by atoms with Crippen LogP contribution in [0.5, 0.6) is 0 Å². The van der Waals surface area contributed by atoms with Crippen LogP contribution in [-0.2, 0) is 24.2 Å². The smallest absolute Gasteiger partial charge is 0.315 e. The number of unbranched alkanes of at least 4 members (excludes halogenated alkanes) is 1. The Bertz CT molecular complexity index is 1240. The maximum atomic E-state index is 14.5. The quantitative estimate of drug-likeness (QED) is 0.204. The van der Waals surface area contributed by atoms with Crippen LogP contribution in [0.2, 0.25) is 0 Å². The highest BCUT2D eigenvalue weighted by molar-refractivity contribution is 7.92. The van der Waals surface area contributed by atoms with Gasteiger partial charge in [-0.15, -0.1) is 0 Å². The first-order chi connectivity index (χ1) is 22.2. The summed E-state index contributed by atoms with van der Waals surface area (Å²) in [6.45, 7) is 17.3. The van der Waals surface area contributed by atoms with E-state index in [0.717, 1.165) is 44.9 Å². The second kappa shape index (κ2) is 16.1. The van der Waals surface area contributed by atoms with Crippen molar-refractivity contribution in [3.8, 4) is 0 Å². The van der Waals surface area contributed by atoms with Gasteiger partial charge in [0, 0.05) is 25.0 Å². The van der Waals surface area contributed by atoms with Crippen molar-refractivity contribution >= 4 is 33.6 Å². The molecule has 0 spiro atoms. The summed E-state index contributed by atoms with van der Waals surface area (Å²) in [5, 5.41) is 12.1. The van der Waals surface area contributed by atoms with Gasteiger partial charge in [0.25, 0.3) is 0 Å². The Balaban J connectivity index is 1.81. The fraction of sp³-hybridized carbons (Fsp3) is 0.889. The molecule has 0 bridgehead atoms. The molecule has 3 rings (SSSR count). The minimum Gasteiger partial charge on any atom is -0.353 e. The van der Waals surface area contributed by atoms with Gasteiger partial charge in [-0.2, -0.15) is 0 Å². The van der Waals surface area contributed by atoms with Gasteiger partial charge in [-0.1, -0.05) is 73.6 Å². The summed E-state index contributed by atoms with van der Waals surface area (Å²) < 4.78 is 25.7. The van der Waals surface area contributed by atoms with Gasteiger partial charge in [-0.3, -0.25) is 14.4 Å². The molecule has 4 N–H and O–H groups in total. The normalized spacial score (nSPS) is 22.9. The standard InChI is InChI=1S/C36H65N5O6S/c1-10-11-15-27(21-29(42)37-26-16-17-26)38-31(43)28-20-25(24(2)3)22-41(28)32(44)30(34(4,5)6)39-33(45)40-36(18-13-12-14-19-36)23-48(46,47)35(7,8)9/h24-28,30H,10-23H2,1-9H3,(H,37,42)(H,38,43)(H2,39,40,45)/t25-,27+,28+,30-/m1/s1. The van der Waals surface area contributed by atoms with Crippen molar-refractivity contribution < 1.29 is 27.6 Å². The Morgan fingerprint density at radius 3 is 2.08 bits per heavy atom. The summed E-state index contributed by atoms with van der Waals surface area (Å²) in [5.74, 6) is -0.492. The number of nitrogens with one attached hydrogen (secondary N) is 4. The molecule has 0 aromatic rings. The molecule has 0 unspecified atom stereocenters. The lowest BCUT2D eigenvalue weighted by Crippen LogP contribution is -2.63. The molecular formula is C36H65N5O6S. The molecule has 11 nitrogen and oxygen atoms in total. The van der Waals surface area contributed by atoms with Gasteiger partial charge >= 0.3 is 6.03 Å². The summed E-state index contributed by atoms with van der Waals surface area (Å²) in [4.78, 5) is 56.4. The number of amides is 5. The van der Waals surface area contributed by atoms with Crippen molar-refractivity contribution in [2.45, 2.75) is 174 Å². The first-order valence-corrected chi connectivity index (χ1v) is 20.0. The zero-order valence-corrected chi connectivity index (χ0v) is 32.0. The largest absolute Gasteiger partial charge is 0.353 e. The molecule has 2 saturated carbocycles. The molecule has 1 saturated heterocycles. The Kier molecular flexibility index (Phi) is 13.4. The molecule has 1 aliphatic heterocycles. The van der Waals surface area contributed by atoms with E-state index in [9.17, 15) is 27.6 Å². The van der Waals surface area contributed by atoms with Crippen LogP contribution in [0.25, 0.3) is 0 Å². The number of urea groups is 1. The number of carbonyl (C=O) groups is 4. The lowest BCUT2D eigenvalue weighted by Gasteiger charge is -2.41. The van der Waals surface area contributed by atoms with Crippen molar-refractivity contribution in [2.24, 2.45) is 17.3 Å². The molecule has 12 heteroatoms. The maximum Gasteiger partial charge on any atom is 0.315 e. The van der Waals surface area contributed by atoms with E-state index in [4.69, 9.17) is 0 Å². The average molecular weight is 696 g/mol. The van der Waals surface area contributed by atoms with Crippen LogP contribution in [0.15, 0.2) is 0 Å². The van der Waals surface area contributed by atoms with E-state index >= 15 is 0 Å². The van der Waals surface area contributed by atoms with Crippen molar-refractivity contribution in [3.05, 3.63) is 0 Å². The number of rotatable bonds is 14. The molecule has 48 heavy (non-hydrogen) atoms. The highest BCUT2D eigenvalue weighted by Gasteiger charge is 2.47. The minimum absolute atomic E-state index is 0.0626. The number of carbonyl (C=O) groups excluding carboxylic acids is 4. The van der Waals surface area contributed by atoms with Crippen LogP contribution < -0.4 is 21.3 Å². The van der Waals surface area contributed by atoms with Gasteiger partial charge in [0.05, 0.1) is 16.0 Å². The Hall–Kier alpha value is -2.37. The van der Waals surface area contributed by atoms with Crippen molar-refractivity contribution in [1.29, 1.82) is 0 Å². The van der Waals surface area contributed by atoms with Crippen LogP contribution in [0.1, 0.15) is 139 Å². The predicted molar refractivity (Wildman–Crippen MR) is 190 cm³/mol. The highest BCUT2D eigenvalue weighted by Crippen LogP contribution is 2.34. The summed E-state index contributed by atoms with van der Waals surface area (Å²) in [6.07, 6.45) is 8.86. The van der Waals surface area contributed by atoms with Crippen molar-refractivity contribution in [2.75, 3.05) is 12.3 Å². The summed E-state index contributed by atoms with van der Waals surface area (Å²) in [6, 6.07) is -2.35. The zero-order chi connectivity index (χ0) is 36.1. The topological polar surface area (TPSA) is 154 Å². The van der Waals surface area contributed by atoms with Gasteiger partial charge in [0.2, 0.25) is 17.7 Å². The summed E-state index contributed by atoms with van der Waals surface area (Å²) >= 11 is 0. The van der Waals surface area contributed by atoms with Gasteiger partial charge in [0.15, 0.2) is 9.84 Å². The van der Waals surface area contributed by atoms with Crippen LogP contribution in [0.4, 0.5) is 4.79 Å². The van der Waals surface area contributed by atoms with Gasteiger partial charge in [0.1, 0.15) is 12.1 Å². The fourth-order valence-corrected chi connectivity index (χ4v) is 8.41. The molecule has 0 aromatic heterocycles. The Morgan fingerprint density at radius 1 is 0.938 bits per heavy atom. The fourth-order valence-electron chi connectivity index (χ4n) is 6.89. The molecule has 1 heterocycles. The molecule has 276 valence electrons. The first kappa shape index (κ1) is 40.1. The van der Waals surface area contributed by atoms with Crippen LogP contribution in [-0.4, -0.2) is 83.8 Å². The van der Waals surface area contributed by atoms with E-state index in [-0.39, 0.29) is 53.8 Å². The minimum atomic E-state index is -3.53. The van der Waals surface area contributed by atoms with E-state index in [1.165, 1.54) is 0 Å². The zero-order valence-electron chi connectivity index (χ0n) is 31.2. The molecular weight excluding hydrogens is 630 g/mol.